The summed E-state index contributed by atoms with van der Waals surface area (Å²) in [4.78, 5) is 6.87. The summed E-state index contributed by atoms with van der Waals surface area (Å²) in [5.41, 5.74) is 3.55. The zero-order chi connectivity index (χ0) is 21.3. The number of nitrogens with one attached hydrogen (secondary N) is 1. The molecule has 0 aliphatic carbocycles. The summed E-state index contributed by atoms with van der Waals surface area (Å²) in [6.45, 7) is 5.81. The maximum Gasteiger partial charge on any atom is 0.298 e. The van der Waals surface area contributed by atoms with Gasteiger partial charge in [-0.1, -0.05) is 12.1 Å². The predicted molar refractivity (Wildman–Crippen MR) is 117 cm³/mol. The van der Waals surface area contributed by atoms with E-state index in [2.05, 4.69) is 14.6 Å². The molecule has 8 heteroatoms. The maximum absolute atomic E-state index is 12.9. The highest BCUT2D eigenvalue weighted by Crippen LogP contribution is 2.29. The second-order valence-corrected chi connectivity index (χ2v) is 9.57. The molecular weight excluding hydrogens is 402 g/mol. The molecule has 0 atom stereocenters. The molecule has 2 aromatic carbocycles. The Balaban J connectivity index is 1.38. The van der Waals surface area contributed by atoms with Gasteiger partial charge in [-0.2, -0.15) is 4.98 Å². The van der Waals surface area contributed by atoms with E-state index in [4.69, 9.17) is 9.15 Å². The van der Waals surface area contributed by atoms with Gasteiger partial charge in [-0.25, -0.2) is 13.1 Å². The summed E-state index contributed by atoms with van der Waals surface area (Å²) >= 11 is 0. The van der Waals surface area contributed by atoms with Gasteiger partial charge in [0.05, 0.1) is 7.11 Å². The molecule has 2 heterocycles. The van der Waals surface area contributed by atoms with Crippen LogP contribution in [0.2, 0.25) is 0 Å². The van der Waals surface area contributed by atoms with E-state index in [0.29, 0.717) is 18.3 Å². The molecule has 1 fully saturated rings. The van der Waals surface area contributed by atoms with Crippen molar-refractivity contribution in [3.05, 3.63) is 47.5 Å². The van der Waals surface area contributed by atoms with Gasteiger partial charge < -0.3 is 14.1 Å². The number of aryl methyl sites for hydroxylation is 2. The summed E-state index contributed by atoms with van der Waals surface area (Å²) in [7, 11) is -2.15. The third-order valence-corrected chi connectivity index (χ3v) is 7.24. The Labute approximate surface area is 177 Å². The smallest absolute Gasteiger partial charge is 0.298 e. The van der Waals surface area contributed by atoms with Crippen LogP contribution in [0.4, 0.5) is 6.01 Å². The minimum atomic E-state index is -3.64. The molecule has 0 unspecified atom stereocenters. The van der Waals surface area contributed by atoms with E-state index in [9.17, 15) is 8.42 Å². The number of sulfonamides is 1. The second kappa shape index (κ2) is 8.28. The maximum atomic E-state index is 12.9. The van der Waals surface area contributed by atoms with E-state index in [1.807, 2.05) is 38.1 Å². The zero-order valence-electron chi connectivity index (χ0n) is 17.5. The van der Waals surface area contributed by atoms with Gasteiger partial charge in [0.2, 0.25) is 10.0 Å². The molecule has 0 bridgehead atoms. The van der Waals surface area contributed by atoms with Crippen LogP contribution in [0.5, 0.6) is 5.75 Å². The summed E-state index contributed by atoms with van der Waals surface area (Å²) in [5, 5.41) is 0. The van der Waals surface area contributed by atoms with Gasteiger partial charge >= 0.3 is 0 Å². The molecule has 4 rings (SSSR count). The first-order valence-corrected chi connectivity index (χ1v) is 11.6. The van der Waals surface area contributed by atoms with Crippen LogP contribution >= 0.6 is 0 Å². The molecule has 1 aliphatic heterocycles. The number of methoxy groups -OCH3 is 1. The van der Waals surface area contributed by atoms with Crippen LogP contribution in [0, 0.1) is 19.8 Å². The standard InChI is InChI=1S/C22H27N3O4S/c1-15-12-20(28-3)21(13-16(15)2)30(26,27)23-14-17-8-10-25(11-9-17)22-24-18-6-4-5-7-19(18)29-22/h4-7,12-13,17,23H,8-11,14H2,1-3H3. The molecule has 1 aromatic heterocycles. The van der Waals surface area contributed by atoms with Crippen molar-refractivity contribution in [2.75, 3.05) is 31.6 Å². The first-order valence-electron chi connectivity index (χ1n) is 10.1. The summed E-state index contributed by atoms with van der Waals surface area (Å²) in [6, 6.07) is 11.8. The fraction of sp³-hybridized carbons (Fsp3) is 0.409. The number of para-hydroxylation sites is 2. The number of anilines is 1. The normalized spacial score (nSPS) is 15.6. The molecule has 0 saturated carbocycles. The second-order valence-electron chi connectivity index (χ2n) is 7.83. The molecule has 3 aromatic rings. The Morgan fingerprint density at radius 1 is 1.17 bits per heavy atom. The third kappa shape index (κ3) is 4.15. The number of oxazole rings is 1. The van der Waals surface area contributed by atoms with Crippen molar-refractivity contribution < 1.29 is 17.6 Å². The van der Waals surface area contributed by atoms with E-state index in [1.54, 1.807) is 12.1 Å². The highest BCUT2D eigenvalue weighted by atomic mass is 32.2. The molecule has 1 aliphatic rings. The van der Waals surface area contributed by atoms with E-state index in [1.165, 1.54) is 7.11 Å². The molecule has 160 valence electrons. The average Bonchev–Trinajstić information content (AvgIpc) is 3.18. The SMILES string of the molecule is COc1cc(C)c(C)cc1S(=O)(=O)NCC1CCN(c2nc3ccccc3o2)CC1. The quantitative estimate of drug-likeness (QED) is 0.644. The Morgan fingerprint density at radius 3 is 2.57 bits per heavy atom. The van der Waals surface area contributed by atoms with E-state index < -0.39 is 10.0 Å². The van der Waals surface area contributed by atoms with Crippen LogP contribution in [-0.2, 0) is 10.0 Å². The zero-order valence-corrected chi connectivity index (χ0v) is 18.3. The van der Waals surface area contributed by atoms with Crippen molar-refractivity contribution in [3.8, 4) is 5.75 Å². The molecule has 0 spiro atoms. The summed E-state index contributed by atoms with van der Waals surface area (Å²) < 4.78 is 39.7. The van der Waals surface area contributed by atoms with Crippen LogP contribution in [-0.4, -0.2) is 40.1 Å². The largest absolute Gasteiger partial charge is 0.495 e. The number of aromatic nitrogens is 1. The average molecular weight is 430 g/mol. The van der Waals surface area contributed by atoms with E-state index in [0.717, 1.165) is 48.2 Å². The highest BCUT2D eigenvalue weighted by Gasteiger charge is 2.26. The number of benzene rings is 2. The van der Waals surface area contributed by atoms with E-state index in [-0.39, 0.29) is 10.8 Å². The van der Waals surface area contributed by atoms with Gasteiger partial charge in [-0.05, 0) is 68.0 Å². The van der Waals surface area contributed by atoms with Gasteiger partial charge in [0.1, 0.15) is 16.2 Å². The number of fused-ring (bicyclic) bond motifs is 1. The van der Waals surface area contributed by atoms with Crippen LogP contribution in [0.15, 0.2) is 45.7 Å². The van der Waals surface area contributed by atoms with Crippen molar-refractivity contribution >= 4 is 27.1 Å². The van der Waals surface area contributed by atoms with Gasteiger partial charge in [-0.3, -0.25) is 0 Å². The molecule has 7 nitrogen and oxygen atoms in total. The van der Waals surface area contributed by atoms with Crippen molar-refractivity contribution in [1.29, 1.82) is 0 Å². The number of nitrogens with zero attached hydrogens (tertiary/aromatic N) is 2. The first kappa shape index (κ1) is 20.7. The lowest BCUT2D eigenvalue weighted by atomic mass is 9.97. The molecule has 0 amide bonds. The van der Waals surface area contributed by atoms with Crippen molar-refractivity contribution in [2.24, 2.45) is 5.92 Å². The minimum absolute atomic E-state index is 0.192. The van der Waals surface area contributed by atoms with Crippen LogP contribution < -0.4 is 14.4 Å². The Kier molecular flexibility index (Phi) is 5.71. The molecular formula is C22H27N3O4S. The number of ether oxygens (including phenoxy) is 1. The lowest BCUT2D eigenvalue weighted by molar-refractivity contribution is 0.385. The molecule has 30 heavy (non-hydrogen) atoms. The fourth-order valence-electron chi connectivity index (χ4n) is 3.76. The molecule has 0 radical (unpaired) electrons. The number of hydrogen-bond donors (Lipinski definition) is 1. The lowest BCUT2D eigenvalue weighted by Crippen LogP contribution is -2.38. The van der Waals surface area contributed by atoms with Crippen molar-refractivity contribution in [3.63, 3.8) is 0 Å². The molecule has 1 N–H and O–H groups in total. The van der Waals surface area contributed by atoms with Gasteiger partial charge in [-0.15, -0.1) is 0 Å². The number of rotatable bonds is 6. The van der Waals surface area contributed by atoms with Crippen molar-refractivity contribution in [2.45, 2.75) is 31.6 Å². The van der Waals surface area contributed by atoms with Crippen LogP contribution in [0.3, 0.4) is 0 Å². The first-order chi connectivity index (χ1) is 14.4. The Bertz CT molecular complexity index is 1120. The fourth-order valence-corrected chi connectivity index (χ4v) is 5.11. The Hall–Kier alpha value is -2.58. The van der Waals surface area contributed by atoms with Crippen molar-refractivity contribution in [1.82, 2.24) is 9.71 Å². The van der Waals surface area contributed by atoms with Crippen LogP contribution in [0.25, 0.3) is 11.1 Å². The summed E-state index contributed by atoms with van der Waals surface area (Å²) in [5.74, 6) is 0.634. The Morgan fingerprint density at radius 2 is 1.87 bits per heavy atom. The lowest BCUT2D eigenvalue weighted by Gasteiger charge is -2.30. The van der Waals surface area contributed by atoms with E-state index >= 15 is 0 Å². The minimum Gasteiger partial charge on any atom is -0.495 e. The molecule has 1 saturated heterocycles. The van der Waals surface area contributed by atoms with Crippen LogP contribution in [0.1, 0.15) is 24.0 Å². The van der Waals surface area contributed by atoms with Gasteiger partial charge in [0.25, 0.3) is 6.01 Å². The monoisotopic (exact) mass is 429 g/mol. The van der Waals surface area contributed by atoms with Gasteiger partial charge in [0, 0.05) is 19.6 Å². The third-order valence-electron chi connectivity index (χ3n) is 5.80. The number of piperidine rings is 1. The van der Waals surface area contributed by atoms with Gasteiger partial charge in [0.15, 0.2) is 5.58 Å². The summed E-state index contributed by atoms with van der Waals surface area (Å²) in [6.07, 6.45) is 1.73. The highest BCUT2D eigenvalue weighted by molar-refractivity contribution is 7.89. The predicted octanol–water partition coefficient (Wildman–Crippen LogP) is 3.65. The topological polar surface area (TPSA) is 84.7 Å². The number of hydrogen-bond acceptors (Lipinski definition) is 6.